The zero-order valence-corrected chi connectivity index (χ0v) is 15.3. The van der Waals surface area contributed by atoms with Gasteiger partial charge >= 0.3 is 0 Å². The van der Waals surface area contributed by atoms with Gasteiger partial charge in [-0.2, -0.15) is 5.10 Å². The third-order valence-corrected chi connectivity index (χ3v) is 4.10. The number of benzene rings is 1. The third kappa shape index (κ3) is 4.47. The van der Waals surface area contributed by atoms with E-state index in [9.17, 15) is 9.59 Å². The van der Waals surface area contributed by atoms with E-state index in [2.05, 4.69) is 10.4 Å². The minimum absolute atomic E-state index is 0.118. The molecule has 2 aromatic rings. The number of hydrogen-bond acceptors (Lipinski definition) is 3. The summed E-state index contributed by atoms with van der Waals surface area (Å²) in [7, 11) is 0. The second-order valence-electron chi connectivity index (χ2n) is 6.10. The molecule has 0 unspecified atom stereocenters. The maximum atomic E-state index is 12.9. The van der Waals surface area contributed by atoms with E-state index in [1.165, 1.54) is 0 Å². The predicted molar refractivity (Wildman–Crippen MR) is 97.2 cm³/mol. The van der Waals surface area contributed by atoms with Crippen molar-refractivity contribution in [3.8, 4) is 0 Å². The predicted octanol–water partition coefficient (Wildman–Crippen LogP) is 2.80. The Morgan fingerprint density at radius 1 is 1.12 bits per heavy atom. The molecular formula is C19H26N4O2. The lowest BCUT2D eigenvalue weighted by molar-refractivity contribution is -0.133. The van der Waals surface area contributed by atoms with E-state index >= 15 is 0 Å². The quantitative estimate of drug-likeness (QED) is 0.841. The van der Waals surface area contributed by atoms with Crippen LogP contribution in [0.5, 0.6) is 0 Å². The number of amides is 2. The highest BCUT2D eigenvalue weighted by atomic mass is 16.2. The standard InChI is InChI=1S/C19H26N4O2/c1-5-22(6-2)19(25)17(15-10-8-7-9-11-15)20-18(24)16-12-13-23(21-16)14(3)4/h7-14,17H,5-6H2,1-4H3,(H,20,24)/t17-/m0/s1. The van der Waals surface area contributed by atoms with E-state index in [0.29, 0.717) is 18.8 Å². The normalized spacial score (nSPS) is 12.0. The SMILES string of the molecule is CCN(CC)C(=O)[C@@H](NC(=O)c1ccn(C(C)C)n1)c1ccccc1. The summed E-state index contributed by atoms with van der Waals surface area (Å²) in [6, 6.07) is 10.4. The van der Waals surface area contributed by atoms with Gasteiger partial charge in [-0.05, 0) is 39.3 Å². The number of aromatic nitrogens is 2. The van der Waals surface area contributed by atoms with Gasteiger partial charge in [0.15, 0.2) is 0 Å². The fraction of sp³-hybridized carbons (Fsp3) is 0.421. The van der Waals surface area contributed by atoms with Crippen molar-refractivity contribution in [2.24, 2.45) is 0 Å². The van der Waals surface area contributed by atoms with Gasteiger partial charge in [0.25, 0.3) is 5.91 Å². The molecule has 0 bridgehead atoms. The molecule has 2 rings (SSSR count). The van der Waals surface area contributed by atoms with Crippen molar-refractivity contribution in [2.75, 3.05) is 13.1 Å². The first kappa shape index (κ1) is 18.7. The van der Waals surface area contributed by atoms with Gasteiger partial charge < -0.3 is 10.2 Å². The number of carbonyl (C=O) groups excluding carboxylic acids is 2. The van der Waals surface area contributed by atoms with Gasteiger partial charge in [-0.1, -0.05) is 30.3 Å². The van der Waals surface area contributed by atoms with E-state index in [0.717, 1.165) is 5.56 Å². The summed E-state index contributed by atoms with van der Waals surface area (Å²) in [5, 5.41) is 7.13. The lowest BCUT2D eigenvalue weighted by atomic mass is 10.1. The van der Waals surface area contributed by atoms with E-state index in [1.54, 1.807) is 21.8 Å². The Morgan fingerprint density at radius 3 is 2.28 bits per heavy atom. The van der Waals surface area contributed by atoms with Crippen LogP contribution in [0.15, 0.2) is 42.6 Å². The van der Waals surface area contributed by atoms with E-state index in [-0.39, 0.29) is 17.9 Å². The van der Waals surface area contributed by atoms with Crippen molar-refractivity contribution in [2.45, 2.75) is 39.8 Å². The van der Waals surface area contributed by atoms with E-state index in [4.69, 9.17) is 0 Å². The Morgan fingerprint density at radius 2 is 1.76 bits per heavy atom. The van der Waals surface area contributed by atoms with Crippen LogP contribution in [0.2, 0.25) is 0 Å². The lowest BCUT2D eigenvalue weighted by Gasteiger charge is -2.26. The Kier molecular flexibility index (Phi) is 6.33. The summed E-state index contributed by atoms with van der Waals surface area (Å²) >= 11 is 0. The maximum absolute atomic E-state index is 12.9. The van der Waals surface area contributed by atoms with Crippen LogP contribution in [0.4, 0.5) is 0 Å². The van der Waals surface area contributed by atoms with Crippen molar-refractivity contribution in [1.29, 1.82) is 0 Å². The van der Waals surface area contributed by atoms with Gasteiger partial charge in [-0.25, -0.2) is 0 Å². The highest BCUT2D eigenvalue weighted by Crippen LogP contribution is 2.17. The van der Waals surface area contributed by atoms with Gasteiger partial charge in [-0.3, -0.25) is 14.3 Å². The van der Waals surface area contributed by atoms with Gasteiger partial charge in [0.05, 0.1) is 0 Å². The summed E-state index contributed by atoms with van der Waals surface area (Å²) in [4.78, 5) is 27.2. The fourth-order valence-corrected chi connectivity index (χ4v) is 2.60. The maximum Gasteiger partial charge on any atom is 0.272 e. The van der Waals surface area contributed by atoms with Crippen LogP contribution in [0.3, 0.4) is 0 Å². The van der Waals surface area contributed by atoms with Gasteiger partial charge in [0, 0.05) is 25.3 Å². The average Bonchev–Trinajstić information content (AvgIpc) is 3.11. The molecule has 0 saturated carbocycles. The van der Waals surface area contributed by atoms with Crippen molar-refractivity contribution in [1.82, 2.24) is 20.0 Å². The summed E-state index contributed by atoms with van der Waals surface area (Å²) in [5.41, 5.74) is 1.07. The zero-order chi connectivity index (χ0) is 18.4. The molecule has 0 aliphatic carbocycles. The first-order valence-corrected chi connectivity index (χ1v) is 8.67. The number of hydrogen-bond donors (Lipinski definition) is 1. The molecule has 1 aromatic carbocycles. The minimum atomic E-state index is -0.724. The summed E-state index contributed by atoms with van der Waals surface area (Å²) < 4.78 is 1.72. The molecule has 6 nitrogen and oxygen atoms in total. The smallest absolute Gasteiger partial charge is 0.272 e. The number of likely N-dealkylation sites (N-methyl/N-ethyl adjacent to an activating group) is 1. The van der Waals surface area contributed by atoms with Crippen molar-refractivity contribution in [3.63, 3.8) is 0 Å². The first-order chi connectivity index (χ1) is 12.0. The molecule has 1 aromatic heterocycles. The van der Waals surface area contributed by atoms with Crippen LogP contribution in [0, 0.1) is 0 Å². The Hall–Kier alpha value is -2.63. The average molecular weight is 342 g/mol. The van der Waals surface area contributed by atoms with Crippen molar-refractivity contribution >= 4 is 11.8 Å². The number of nitrogens with zero attached hydrogens (tertiary/aromatic N) is 3. The largest absolute Gasteiger partial charge is 0.341 e. The Balaban J connectivity index is 2.26. The molecule has 0 spiro atoms. The summed E-state index contributed by atoms with van der Waals surface area (Å²) in [6.45, 7) is 9.02. The second-order valence-corrected chi connectivity index (χ2v) is 6.10. The van der Waals surface area contributed by atoms with Crippen LogP contribution in [0.25, 0.3) is 0 Å². The first-order valence-electron chi connectivity index (χ1n) is 8.67. The highest BCUT2D eigenvalue weighted by Gasteiger charge is 2.27. The third-order valence-electron chi connectivity index (χ3n) is 4.10. The summed E-state index contributed by atoms with van der Waals surface area (Å²) in [5.74, 6) is -0.471. The number of nitrogens with one attached hydrogen (secondary N) is 1. The van der Waals surface area contributed by atoms with Gasteiger partial charge in [-0.15, -0.1) is 0 Å². The molecule has 0 saturated heterocycles. The molecule has 1 atom stereocenters. The van der Waals surface area contributed by atoms with Crippen LogP contribution in [-0.2, 0) is 4.79 Å². The topological polar surface area (TPSA) is 67.2 Å². The minimum Gasteiger partial charge on any atom is -0.341 e. The molecule has 0 fully saturated rings. The molecule has 0 radical (unpaired) electrons. The summed E-state index contributed by atoms with van der Waals surface area (Å²) in [6.07, 6.45) is 1.77. The molecule has 6 heteroatoms. The van der Waals surface area contributed by atoms with Crippen LogP contribution >= 0.6 is 0 Å². The molecule has 1 N–H and O–H groups in total. The highest BCUT2D eigenvalue weighted by molar-refractivity contribution is 5.96. The van der Waals surface area contributed by atoms with E-state index in [1.807, 2.05) is 58.0 Å². The second kappa shape index (κ2) is 8.46. The Bertz CT molecular complexity index is 705. The molecule has 25 heavy (non-hydrogen) atoms. The zero-order valence-electron chi connectivity index (χ0n) is 15.3. The van der Waals surface area contributed by atoms with Crippen molar-refractivity contribution in [3.05, 3.63) is 53.9 Å². The van der Waals surface area contributed by atoms with Crippen molar-refractivity contribution < 1.29 is 9.59 Å². The molecule has 1 heterocycles. The van der Waals surface area contributed by atoms with Gasteiger partial charge in [0.2, 0.25) is 5.91 Å². The molecule has 0 aliphatic heterocycles. The van der Waals surface area contributed by atoms with Gasteiger partial charge in [0.1, 0.15) is 11.7 Å². The lowest BCUT2D eigenvalue weighted by Crippen LogP contribution is -2.43. The van der Waals surface area contributed by atoms with Crippen LogP contribution in [0.1, 0.15) is 55.8 Å². The molecule has 134 valence electrons. The fourth-order valence-electron chi connectivity index (χ4n) is 2.60. The molecule has 0 aliphatic rings. The Labute approximate surface area is 148 Å². The number of rotatable bonds is 7. The molecular weight excluding hydrogens is 316 g/mol. The number of carbonyl (C=O) groups is 2. The van der Waals surface area contributed by atoms with Crippen LogP contribution < -0.4 is 5.32 Å². The van der Waals surface area contributed by atoms with E-state index < -0.39 is 6.04 Å². The molecule has 2 amide bonds. The van der Waals surface area contributed by atoms with Crippen LogP contribution in [-0.4, -0.2) is 39.6 Å². The monoisotopic (exact) mass is 342 g/mol.